The normalized spacial score (nSPS) is 11.7. The van der Waals surface area contributed by atoms with E-state index < -0.39 is 5.97 Å². The molecule has 0 aliphatic rings. The second-order valence-corrected chi connectivity index (χ2v) is 3.92. The van der Waals surface area contributed by atoms with Crippen LogP contribution in [0.25, 0.3) is 0 Å². The molecule has 90 valence electrons. The van der Waals surface area contributed by atoms with Crippen LogP contribution in [0.3, 0.4) is 0 Å². The molecule has 0 aliphatic heterocycles. The molecular weight excluding hydrogens is 208 g/mol. The maximum atomic E-state index is 11.3. The SMILES string of the molecule is C=C(C)C(=O)OCCC(=O)CC(C)C(C)=O. The molecule has 0 aromatic carbocycles. The van der Waals surface area contributed by atoms with Crippen molar-refractivity contribution in [2.75, 3.05) is 6.61 Å². The van der Waals surface area contributed by atoms with Gasteiger partial charge in [0.1, 0.15) is 11.6 Å². The average molecular weight is 226 g/mol. The molecule has 0 bridgehead atoms. The monoisotopic (exact) mass is 226 g/mol. The lowest BCUT2D eigenvalue weighted by Crippen LogP contribution is -2.15. The second kappa shape index (κ2) is 6.93. The van der Waals surface area contributed by atoms with Crippen molar-refractivity contribution in [3.8, 4) is 0 Å². The highest BCUT2D eigenvalue weighted by molar-refractivity contribution is 5.88. The molecule has 0 saturated heterocycles. The summed E-state index contributed by atoms with van der Waals surface area (Å²) in [5.74, 6) is -0.832. The Morgan fingerprint density at radius 3 is 2.25 bits per heavy atom. The maximum absolute atomic E-state index is 11.3. The van der Waals surface area contributed by atoms with E-state index in [0.29, 0.717) is 5.57 Å². The van der Waals surface area contributed by atoms with Crippen molar-refractivity contribution >= 4 is 17.5 Å². The Bertz CT molecular complexity index is 304. The van der Waals surface area contributed by atoms with Crippen molar-refractivity contribution in [2.45, 2.75) is 33.6 Å². The third-order valence-electron chi connectivity index (χ3n) is 2.19. The molecule has 16 heavy (non-hydrogen) atoms. The number of hydrogen-bond acceptors (Lipinski definition) is 4. The zero-order valence-corrected chi connectivity index (χ0v) is 10.0. The Morgan fingerprint density at radius 1 is 1.25 bits per heavy atom. The van der Waals surface area contributed by atoms with E-state index in [0.717, 1.165) is 0 Å². The van der Waals surface area contributed by atoms with E-state index in [1.807, 2.05) is 0 Å². The molecule has 0 amide bonds. The van der Waals surface area contributed by atoms with E-state index in [2.05, 4.69) is 6.58 Å². The maximum Gasteiger partial charge on any atom is 0.333 e. The Morgan fingerprint density at radius 2 is 1.81 bits per heavy atom. The quantitative estimate of drug-likeness (QED) is 0.489. The minimum atomic E-state index is -0.493. The van der Waals surface area contributed by atoms with Crippen LogP contribution in [-0.4, -0.2) is 24.1 Å². The number of esters is 1. The predicted molar refractivity (Wildman–Crippen MR) is 59.9 cm³/mol. The van der Waals surface area contributed by atoms with Crippen LogP contribution in [-0.2, 0) is 19.1 Å². The number of ether oxygens (including phenoxy) is 1. The summed E-state index contributed by atoms with van der Waals surface area (Å²) in [4.78, 5) is 33.2. The zero-order valence-electron chi connectivity index (χ0n) is 10.0. The van der Waals surface area contributed by atoms with Crippen LogP contribution in [0.5, 0.6) is 0 Å². The van der Waals surface area contributed by atoms with Crippen LogP contribution in [0.1, 0.15) is 33.6 Å². The molecule has 0 aromatic heterocycles. The Kier molecular flexibility index (Phi) is 6.30. The number of carbonyl (C=O) groups is 3. The summed E-state index contributed by atoms with van der Waals surface area (Å²) in [7, 11) is 0. The first-order chi connectivity index (χ1) is 7.34. The van der Waals surface area contributed by atoms with Crippen LogP contribution in [0.2, 0.25) is 0 Å². The van der Waals surface area contributed by atoms with Crippen molar-refractivity contribution < 1.29 is 19.1 Å². The van der Waals surface area contributed by atoms with Gasteiger partial charge in [-0.2, -0.15) is 0 Å². The summed E-state index contributed by atoms with van der Waals surface area (Å²) < 4.78 is 4.77. The van der Waals surface area contributed by atoms with Crippen molar-refractivity contribution in [1.29, 1.82) is 0 Å². The first kappa shape index (κ1) is 14.6. The van der Waals surface area contributed by atoms with Gasteiger partial charge in [-0.3, -0.25) is 9.59 Å². The predicted octanol–water partition coefficient (Wildman–Crippen LogP) is 1.68. The van der Waals surface area contributed by atoms with Gasteiger partial charge in [0, 0.05) is 24.3 Å². The number of hydrogen-bond donors (Lipinski definition) is 0. The van der Waals surface area contributed by atoms with Gasteiger partial charge in [-0.15, -0.1) is 0 Å². The van der Waals surface area contributed by atoms with Crippen LogP contribution in [0, 0.1) is 5.92 Å². The van der Waals surface area contributed by atoms with E-state index in [-0.39, 0.29) is 36.9 Å². The summed E-state index contributed by atoms with van der Waals surface area (Å²) >= 11 is 0. The Hall–Kier alpha value is -1.45. The van der Waals surface area contributed by atoms with Crippen LogP contribution in [0.15, 0.2) is 12.2 Å². The summed E-state index contributed by atoms with van der Waals surface area (Å²) in [6.07, 6.45) is 0.358. The first-order valence-corrected chi connectivity index (χ1v) is 5.19. The van der Waals surface area contributed by atoms with Gasteiger partial charge in [0.15, 0.2) is 0 Å². The van der Waals surface area contributed by atoms with Gasteiger partial charge in [0.2, 0.25) is 0 Å². The highest BCUT2D eigenvalue weighted by Gasteiger charge is 2.13. The van der Waals surface area contributed by atoms with Crippen molar-refractivity contribution in [3.63, 3.8) is 0 Å². The van der Waals surface area contributed by atoms with Gasteiger partial charge in [-0.25, -0.2) is 4.79 Å². The Labute approximate surface area is 95.7 Å². The summed E-state index contributed by atoms with van der Waals surface area (Å²) in [5.41, 5.74) is 0.310. The van der Waals surface area contributed by atoms with E-state index in [9.17, 15) is 14.4 Å². The largest absolute Gasteiger partial charge is 0.462 e. The minimum Gasteiger partial charge on any atom is -0.462 e. The van der Waals surface area contributed by atoms with Gasteiger partial charge >= 0.3 is 5.97 Å². The highest BCUT2D eigenvalue weighted by atomic mass is 16.5. The lowest BCUT2D eigenvalue weighted by Gasteiger charge is -2.07. The standard InChI is InChI=1S/C12H18O4/c1-8(2)12(15)16-6-5-11(14)7-9(3)10(4)13/h9H,1,5-7H2,2-4H3. The van der Waals surface area contributed by atoms with Crippen molar-refractivity contribution in [2.24, 2.45) is 5.92 Å². The number of Topliss-reactive ketones (excluding diaryl/α,β-unsaturated/α-hetero) is 2. The molecule has 0 fully saturated rings. The van der Waals surface area contributed by atoms with Crippen molar-refractivity contribution in [3.05, 3.63) is 12.2 Å². The van der Waals surface area contributed by atoms with Crippen LogP contribution >= 0.6 is 0 Å². The number of ketones is 2. The van der Waals surface area contributed by atoms with E-state index in [1.54, 1.807) is 13.8 Å². The molecule has 0 aliphatic carbocycles. The second-order valence-electron chi connectivity index (χ2n) is 3.92. The van der Waals surface area contributed by atoms with Gasteiger partial charge < -0.3 is 4.74 Å². The molecule has 1 unspecified atom stereocenters. The number of rotatable bonds is 7. The highest BCUT2D eigenvalue weighted by Crippen LogP contribution is 2.06. The molecular formula is C12H18O4. The summed E-state index contributed by atoms with van der Waals surface area (Å²) in [5, 5.41) is 0. The third-order valence-corrected chi connectivity index (χ3v) is 2.19. The molecule has 0 heterocycles. The fourth-order valence-electron chi connectivity index (χ4n) is 0.968. The average Bonchev–Trinajstić information content (AvgIpc) is 2.16. The Balaban J connectivity index is 3.79. The molecule has 0 saturated carbocycles. The molecule has 1 atom stereocenters. The van der Waals surface area contributed by atoms with E-state index >= 15 is 0 Å². The molecule has 0 N–H and O–H groups in total. The van der Waals surface area contributed by atoms with Gasteiger partial charge in [0.05, 0.1) is 6.61 Å². The summed E-state index contributed by atoms with van der Waals surface area (Å²) in [6.45, 7) is 8.18. The molecule has 4 nitrogen and oxygen atoms in total. The topological polar surface area (TPSA) is 60.4 Å². The van der Waals surface area contributed by atoms with Gasteiger partial charge in [-0.05, 0) is 13.8 Å². The fraction of sp³-hybridized carbons (Fsp3) is 0.583. The molecule has 0 rings (SSSR count). The van der Waals surface area contributed by atoms with Gasteiger partial charge in [0.25, 0.3) is 0 Å². The zero-order chi connectivity index (χ0) is 12.7. The van der Waals surface area contributed by atoms with E-state index in [4.69, 9.17) is 4.74 Å². The third kappa shape index (κ3) is 6.11. The van der Waals surface area contributed by atoms with E-state index in [1.165, 1.54) is 6.92 Å². The fourth-order valence-corrected chi connectivity index (χ4v) is 0.968. The van der Waals surface area contributed by atoms with Crippen LogP contribution in [0.4, 0.5) is 0 Å². The summed E-state index contributed by atoms with van der Waals surface area (Å²) in [6, 6.07) is 0. The number of carbonyl (C=O) groups excluding carboxylic acids is 3. The first-order valence-electron chi connectivity index (χ1n) is 5.19. The minimum absolute atomic E-state index is 0.00715. The lowest BCUT2D eigenvalue weighted by molar-refractivity contribution is -0.140. The molecule has 0 radical (unpaired) electrons. The van der Waals surface area contributed by atoms with Gasteiger partial charge in [-0.1, -0.05) is 13.5 Å². The molecule has 0 aromatic rings. The molecule has 0 spiro atoms. The van der Waals surface area contributed by atoms with Crippen molar-refractivity contribution in [1.82, 2.24) is 0 Å². The lowest BCUT2D eigenvalue weighted by atomic mass is 10.00. The molecule has 4 heteroatoms. The smallest absolute Gasteiger partial charge is 0.333 e. The van der Waals surface area contributed by atoms with Crippen LogP contribution < -0.4 is 0 Å².